The second-order valence-electron chi connectivity index (χ2n) is 3.58. The SMILES string of the molecule is CCCC=COC(C[Si]C)OC=CCCC. The third-order valence-corrected chi connectivity index (χ3v) is 2.68. The summed E-state index contributed by atoms with van der Waals surface area (Å²) in [6.45, 7) is 6.46. The van der Waals surface area contributed by atoms with Crippen molar-refractivity contribution in [3.05, 3.63) is 24.7 Å². The van der Waals surface area contributed by atoms with Gasteiger partial charge in [-0.3, -0.25) is 0 Å². The van der Waals surface area contributed by atoms with Crippen molar-refractivity contribution < 1.29 is 9.47 Å². The second-order valence-corrected chi connectivity index (χ2v) is 4.70. The molecule has 0 spiro atoms. The van der Waals surface area contributed by atoms with Crippen LogP contribution in [0.1, 0.15) is 39.5 Å². The Hall–Kier alpha value is -0.703. The quantitative estimate of drug-likeness (QED) is 0.324. The molecule has 2 nitrogen and oxygen atoms in total. The summed E-state index contributed by atoms with van der Waals surface area (Å²) in [6, 6.07) is 0.951. The van der Waals surface area contributed by atoms with E-state index in [1.807, 2.05) is 12.2 Å². The van der Waals surface area contributed by atoms with Crippen molar-refractivity contribution in [1.29, 1.82) is 0 Å². The molecule has 0 aliphatic heterocycles. The van der Waals surface area contributed by atoms with Gasteiger partial charge in [-0.1, -0.05) is 33.2 Å². The maximum atomic E-state index is 5.52. The highest BCUT2D eigenvalue weighted by atomic mass is 28.2. The zero-order valence-electron chi connectivity index (χ0n) is 10.7. The van der Waals surface area contributed by atoms with E-state index < -0.39 is 0 Å². The van der Waals surface area contributed by atoms with Gasteiger partial charge in [0.25, 0.3) is 0 Å². The first-order valence-electron chi connectivity index (χ1n) is 6.10. The van der Waals surface area contributed by atoms with E-state index in [0.29, 0.717) is 0 Å². The van der Waals surface area contributed by atoms with Gasteiger partial charge in [0.15, 0.2) is 0 Å². The van der Waals surface area contributed by atoms with Crippen LogP contribution in [0.25, 0.3) is 0 Å². The molecule has 0 saturated carbocycles. The molecule has 0 rings (SSSR count). The average molecular weight is 240 g/mol. The molecule has 0 N–H and O–H groups in total. The van der Waals surface area contributed by atoms with Crippen molar-refractivity contribution in [2.75, 3.05) is 0 Å². The van der Waals surface area contributed by atoms with E-state index in [4.69, 9.17) is 9.47 Å². The Morgan fingerprint density at radius 3 is 1.88 bits per heavy atom. The molecule has 0 amide bonds. The summed E-state index contributed by atoms with van der Waals surface area (Å²) in [5.74, 6) is 0. The molecular weight excluding hydrogens is 216 g/mol. The highest BCUT2D eigenvalue weighted by Gasteiger charge is 2.04. The lowest BCUT2D eigenvalue weighted by atomic mass is 10.3. The molecule has 0 aromatic rings. The predicted molar refractivity (Wildman–Crippen MR) is 70.5 cm³/mol. The zero-order valence-corrected chi connectivity index (χ0v) is 11.7. The van der Waals surface area contributed by atoms with Crippen LogP contribution in [0.5, 0.6) is 0 Å². The highest BCUT2D eigenvalue weighted by molar-refractivity contribution is 6.33. The molecule has 0 aromatic carbocycles. The van der Waals surface area contributed by atoms with E-state index in [1.165, 1.54) is 0 Å². The van der Waals surface area contributed by atoms with Crippen molar-refractivity contribution in [3.8, 4) is 0 Å². The molecule has 0 atom stereocenters. The lowest BCUT2D eigenvalue weighted by Crippen LogP contribution is -2.12. The van der Waals surface area contributed by atoms with Crippen LogP contribution in [-0.2, 0) is 9.47 Å². The summed E-state index contributed by atoms with van der Waals surface area (Å²) < 4.78 is 11.0. The van der Waals surface area contributed by atoms with Gasteiger partial charge in [-0.2, -0.15) is 0 Å². The lowest BCUT2D eigenvalue weighted by molar-refractivity contribution is -0.0461. The van der Waals surface area contributed by atoms with E-state index >= 15 is 0 Å². The first-order chi connectivity index (χ1) is 7.85. The minimum atomic E-state index is -0.121. The third kappa shape index (κ3) is 9.84. The molecule has 0 heterocycles. The van der Waals surface area contributed by atoms with Crippen molar-refractivity contribution in [3.63, 3.8) is 0 Å². The number of hydrogen-bond donors (Lipinski definition) is 0. The number of allylic oxidation sites excluding steroid dienone is 2. The van der Waals surface area contributed by atoms with Crippen LogP contribution in [0.15, 0.2) is 24.7 Å². The van der Waals surface area contributed by atoms with Crippen LogP contribution in [0.3, 0.4) is 0 Å². The maximum Gasteiger partial charge on any atom is 0.236 e. The van der Waals surface area contributed by atoms with Crippen LogP contribution in [0.4, 0.5) is 0 Å². The first kappa shape index (κ1) is 15.3. The van der Waals surface area contributed by atoms with E-state index in [-0.39, 0.29) is 6.29 Å². The van der Waals surface area contributed by atoms with Crippen molar-refractivity contribution in [2.45, 2.75) is 58.4 Å². The summed E-state index contributed by atoms with van der Waals surface area (Å²) in [4.78, 5) is 0. The van der Waals surface area contributed by atoms with Crippen molar-refractivity contribution in [2.24, 2.45) is 0 Å². The molecule has 0 aromatic heterocycles. The highest BCUT2D eigenvalue weighted by Crippen LogP contribution is 2.04. The molecule has 0 aliphatic carbocycles. The van der Waals surface area contributed by atoms with E-state index in [2.05, 4.69) is 20.4 Å². The molecule has 2 radical (unpaired) electrons. The Kier molecular flexibility index (Phi) is 11.8. The maximum absolute atomic E-state index is 5.52. The van der Waals surface area contributed by atoms with Gasteiger partial charge in [-0.05, 0) is 25.0 Å². The van der Waals surface area contributed by atoms with Crippen LogP contribution < -0.4 is 0 Å². The fourth-order valence-corrected chi connectivity index (χ4v) is 1.58. The fraction of sp³-hybridized carbons (Fsp3) is 0.692. The topological polar surface area (TPSA) is 18.5 Å². The smallest absolute Gasteiger partial charge is 0.236 e. The minimum absolute atomic E-state index is 0.121. The van der Waals surface area contributed by atoms with Gasteiger partial charge in [0.2, 0.25) is 6.29 Å². The largest absolute Gasteiger partial charge is 0.463 e. The van der Waals surface area contributed by atoms with Crippen LogP contribution >= 0.6 is 0 Å². The fourth-order valence-electron chi connectivity index (χ4n) is 1.05. The molecule has 3 heteroatoms. The number of hydrogen-bond acceptors (Lipinski definition) is 2. The van der Waals surface area contributed by atoms with Gasteiger partial charge < -0.3 is 9.47 Å². The monoisotopic (exact) mass is 240 g/mol. The summed E-state index contributed by atoms with van der Waals surface area (Å²) in [6.07, 6.45) is 11.9. The molecule has 0 aliphatic rings. The van der Waals surface area contributed by atoms with Crippen LogP contribution in [-0.4, -0.2) is 15.8 Å². The third-order valence-electron chi connectivity index (χ3n) is 1.93. The standard InChI is InChI=1S/C13H24O2Si/c1-4-6-8-10-14-13(12-16-3)15-11-9-7-5-2/h8-11,13H,4-7,12H2,1-3H3. The molecular formula is C13H24O2Si. The van der Waals surface area contributed by atoms with Gasteiger partial charge in [0.05, 0.1) is 12.5 Å². The Morgan fingerprint density at radius 1 is 1.00 bits per heavy atom. The van der Waals surface area contributed by atoms with Gasteiger partial charge in [0, 0.05) is 15.6 Å². The summed E-state index contributed by atoms with van der Waals surface area (Å²) in [5, 5.41) is 0. The minimum Gasteiger partial charge on any atom is -0.463 e. The normalized spacial score (nSPS) is 13.4. The average Bonchev–Trinajstić information content (AvgIpc) is 2.30. The lowest BCUT2D eigenvalue weighted by Gasteiger charge is -2.14. The molecule has 0 bridgehead atoms. The Balaban J connectivity index is 3.77. The van der Waals surface area contributed by atoms with Crippen LogP contribution in [0, 0.1) is 0 Å². The Morgan fingerprint density at radius 2 is 1.50 bits per heavy atom. The van der Waals surface area contributed by atoms with Crippen LogP contribution in [0.2, 0.25) is 12.6 Å². The summed E-state index contributed by atoms with van der Waals surface area (Å²) in [7, 11) is 0.845. The molecule has 0 unspecified atom stereocenters. The number of unbranched alkanes of at least 4 members (excludes halogenated alkanes) is 2. The Bertz CT molecular complexity index is 172. The number of rotatable bonds is 10. The first-order valence-corrected chi connectivity index (χ1v) is 7.81. The zero-order chi connectivity index (χ0) is 12.1. The van der Waals surface area contributed by atoms with E-state index in [1.54, 1.807) is 12.5 Å². The molecule has 0 saturated heterocycles. The molecule has 92 valence electrons. The van der Waals surface area contributed by atoms with Crippen molar-refractivity contribution >= 4 is 9.52 Å². The van der Waals surface area contributed by atoms with Gasteiger partial charge in [-0.25, -0.2) is 0 Å². The second kappa shape index (κ2) is 12.4. The predicted octanol–water partition coefficient (Wildman–Crippen LogP) is 4.14. The number of ether oxygens (including phenoxy) is 2. The van der Waals surface area contributed by atoms with Gasteiger partial charge in [0.1, 0.15) is 0 Å². The molecule has 0 fully saturated rings. The Labute approximate surface area is 103 Å². The van der Waals surface area contributed by atoms with Gasteiger partial charge >= 0.3 is 0 Å². The van der Waals surface area contributed by atoms with Gasteiger partial charge in [-0.15, -0.1) is 0 Å². The summed E-state index contributed by atoms with van der Waals surface area (Å²) >= 11 is 0. The van der Waals surface area contributed by atoms with E-state index in [9.17, 15) is 0 Å². The molecule has 16 heavy (non-hydrogen) atoms. The van der Waals surface area contributed by atoms with Crippen molar-refractivity contribution in [1.82, 2.24) is 0 Å². The van der Waals surface area contributed by atoms with E-state index in [0.717, 1.165) is 41.2 Å². The summed E-state index contributed by atoms with van der Waals surface area (Å²) in [5.41, 5.74) is 0.